The molecule has 198 valence electrons. The van der Waals surface area contributed by atoms with Gasteiger partial charge in [-0.3, -0.25) is 19.3 Å². The van der Waals surface area contributed by atoms with Gasteiger partial charge in [-0.05, 0) is 36.4 Å². The Morgan fingerprint density at radius 3 is 2.46 bits per heavy atom. The van der Waals surface area contributed by atoms with Crippen LogP contribution in [0.1, 0.15) is 12.0 Å². The number of nitrogens with one attached hydrogen (secondary N) is 2. The molecule has 2 saturated heterocycles. The molecule has 0 radical (unpaired) electrons. The zero-order chi connectivity index (χ0) is 26.6. The van der Waals surface area contributed by atoms with Crippen LogP contribution in [0.3, 0.4) is 0 Å². The summed E-state index contributed by atoms with van der Waals surface area (Å²) < 4.78 is 38.9. The summed E-state index contributed by atoms with van der Waals surface area (Å²) in [7, 11) is 0. The highest BCUT2D eigenvalue weighted by Crippen LogP contribution is 2.30. The average molecular weight is 538 g/mol. The lowest BCUT2D eigenvalue weighted by Gasteiger charge is -2.39. The maximum Gasteiger partial charge on any atom is 0.416 e. The van der Waals surface area contributed by atoms with Crippen molar-refractivity contribution in [1.82, 2.24) is 15.1 Å². The highest BCUT2D eigenvalue weighted by atomic mass is 35.5. The van der Waals surface area contributed by atoms with Crippen molar-refractivity contribution in [2.45, 2.75) is 18.6 Å². The minimum absolute atomic E-state index is 0.0357. The van der Waals surface area contributed by atoms with Crippen molar-refractivity contribution in [3.8, 4) is 0 Å². The fraction of sp³-hybridized carbons (Fsp3) is 0.400. The number of halogens is 4. The number of alkyl halides is 3. The van der Waals surface area contributed by atoms with Crippen LogP contribution in [0.5, 0.6) is 0 Å². The Kier molecular flexibility index (Phi) is 8.23. The Balaban J connectivity index is 1.34. The highest BCUT2D eigenvalue weighted by Gasteiger charge is 2.36. The normalized spacial score (nSPS) is 18.9. The van der Waals surface area contributed by atoms with Crippen LogP contribution in [0.15, 0.2) is 48.5 Å². The lowest BCUT2D eigenvalue weighted by Crippen LogP contribution is -2.60. The third kappa shape index (κ3) is 6.92. The van der Waals surface area contributed by atoms with Gasteiger partial charge in [-0.15, -0.1) is 0 Å². The van der Waals surface area contributed by atoms with E-state index in [4.69, 9.17) is 11.6 Å². The van der Waals surface area contributed by atoms with Gasteiger partial charge in [0, 0.05) is 55.7 Å². The third-order valence-corrected chi connectivity index (χ3v) is 6.64. The van der Waals surface area contributed by atoms with Crippen molar-refractivity contribution < 1.29 is 27.6 Å². The second kappa shape index (κ2) is 11.4. The molecule has 4 rings (SSSR count). The van der Waals surface area contributed by atoms with E-state index in [-0.39, 0.29) is 37.6 Å². The minimum Gasteiger partial charge on any atom is -0.369 e. The summed E-state index contributed by atoms with van der Waals surface area (Å²) in [6, 6.07) is 10.8. The van der Waals surface area contributed by atoms with Gasteiger partial charge in [0.05, 0.1) is 18.5 Å². The zero-order valence-electron chi connectivity index (χ0n) is 19.9. The molecule has 8 nitrogen and oxygen atoms in total. The summed E-state index contributed by atoms with van der Waals surface area (Å²) in [5, 5.41) is 5.71. The molecule has 3 amide bonds. The zero-order valence-corrected chi connectivity index (χ0v) is 20.7. The van der Waals surface area contributed by atoms with Gasteiger partial charge in [0.1, 0.15) is 6.04 Å². The van der Waals surface area contributed by atoms with Crippen LogP contribution < -0.4 is 15.5 Å². The lowest BCUT2D eigenvalue weighted by molar-refractivity contribution is -0.145. The number of amides is 3. The van der Waals surface area contributed by atoms with E-state index in [0.29, 0.717) is 31.2 Å². The summed E-state index contributed by atoms with van der Waals surface area (Å²) in [5.41, 5.74) is 0.0810. The van der Waals surface area contributed by atoms with Gasteiger partial charge in [-0.2, -0.15) is 13.2 Å². The van der Waals surface area contributed by atoms with Crippen molar-refractivity contribution >= 4 is 40.7 Å². The first kappa shape index (κ1) is 26.7. The van der Waals surface area contributed by atoms with Gasteiger partial charge in [0.15, 0.2) is 0 Å². The molecule has 2 aromatic rings. The number of benzene rings is 2. The molecule has 2 aromatic carbocycles. The van der Waals surface area contributed by atoms with Crippen LogP contribution in [0.4, 0.5) is 24.5 Å². The Hall–Kier alpha value is -3.31. The SMILES string of the molecule is O=C(C[C@H]1C(=O)NCCN1C(=O)CN1CCN(c2cccc(Cl)c2)CC1)Nc1cccc(C(F)(F)F)c1. The summed E-state index contributed by atoms with van der Waals surface area (Å²) in [6.45, 7) is 3.29. The lowest BCUT2D eigenvalue weighted by atomic mass is 10.1. The highest BCUT2D eigenvalue weighted by molar-refractivity contribution is 6.30. The first-order chi connectivity index (χ1) is 17.6. The molecule has 0 bridgehead atoms. The molecular formula is C25H27ClF3N5O3. The molecule has 0 aliphatic carbocycles. The molecule has 2 heterocycles. The minimum atomic E-state index is -4.55. The molecule has 12 heteroatoms. The predicted molar refractivity (Wildman–Crippen MR) is 133 cm³/mol. The van der Waals surface area contributed by atoms with E-state index in [9.17, 15) is 27.6 Å². The molecule has 2 fully saturated rings. The number of hydrogen-bond donors (Lipinski definition) is 2. The van der Waals surface area contributed by atoms with Crippen LogP contribution in [-0.4, -0.2) is 79.4 Å². The molecule has 1 atom stereocenters. The van der Waals surface area contributed by atoms with Crippen molar-refractivity contribution in [2.75, 3.05) is 56.0 Å². The molecule has 2 aliphatic rings. The summed E-state index contributed by atoms with van der Waals surface area (Å²) >= 11 is 6.09. The predicted octanol–water partition coefficient (Wildman–Crippen LogP) is 2.84. The molecule has 2 N–H and O–H groups in total. The number of rotatable bonds is 6. The monoisotopic (exact) mass is 537 g/mol. The fourth-order valence-electron chi connectivity index (χ4n) is 4.50. The number of carbonyl (C=O) groups excluding carboxylic acids is 3. The second-order valence-corrected chi connectivity index (χ2v) is 9.40. The quantitative estimate of drug-likeness (QED) is 0.592. The number of nitrogens with zero attached hydrogens (tertiary/aromatic N) is 3. The molecule has 0 unspecified atom stereocenters. The van der Waals surface area contributed by atoms with Gasteiger partial charge in [0.2, 0.25) is 17.7 Å². The summed E-state index contributed by atoms with van der Waals surface area (Å²) in [4.78, 5) is 43.8. The molecule has 2 aliphatic heterocycles. The van der Waals surface area contributed by atoms with E-state index in [2.05, 4.69) is 15.5 Å². The van der Waals surface area contributed by atoms with E-state index in [0.717, 1.165) is 17.8 Å². The maximum absolute atomic E-state index is 13.1. The van der Waals surface area contributed by atoms with Crippen LogP contribution in [0.2, 0.25) is 5.02 Å². The van der Waals surface area contributed by atoms with Gasteiger partial charge in [-0.25, -0.2) is 0 Å². The van der Waals surface area contributed by atoms with Gasteiger partial charge >= 0.3 is 6.18 Å². The van der Waals surface area contributed by atoms with Crippen molar-refractivity contribution in [3.05, 3.63) is 59.1 Å². The molecule has 0 spiro atoms. The van der Waals surface area contributed by atoms with Gasteiger partial charge in [0.25, 0.3) is 0 Å². The molecule has 0 aromatic heterocycles. The van der Waals surface area contributed by atoms with E-state index in [1.807, 2.05) is 29.2 Å². The molecular weight excluding hydrogens is 511 g/mol. The topological polar surface area (TPSA) is 85.0 Å². The van der Waals surface area contributed by atoms with E-state index in [1.165, 1.54) is 17.0 Å². The van der Waals surface area contributed by atoms with Crippen LogP contribution in [0.25, 0.3) is 0 Å². The number of anilines is 2. The average Bonchev–Trinajstić information content (AvgIpc) is 2.85. The number of piperazine rings is 2. The first-order valence-electron chi connectivity index (χ1n) is 11.9. The Morgan fingerprint density at radius 2 is 1.76 bits per heavy atom. The van der Waals surface area contributed by atoms with E-state index in [1.54, 1.807) is 0 Å². The van der Waals surface area contributed by atoms with Crippen LogP contribution in [0, 0.1) is 0 Å². The Labute approximate surface area is 217 Å². The largest absolute Gasteiger partial charge is 0.416 e. The van der Waals surface area contributed by atoms with E-state index >= 15 is 0 Å². The smallest absolute Gasteiger partial charge is 0.369 e. The van der Waals surface area contributed by atoms with Crippen molar-refractivity contribution in [1.29, 1.82) is 0 Å². The Bertz CT molecular complexity index is 1150. The Morgan fingerprint density at radius 1 is 1.03 bits per heavy atom. The fourth-order valence-corrected chi connectivity index (χ4v) is 4.68. The first-order valence-corrected chi connectivity index (χ1v) is 12.2. The number of hydrogen-bond acceptors (Lipinski definition) is 5. The standard InChI is InChI=1S/C25H27ClF3N5O3/c26-18-4-2-6-20(14-18)33-11-9-32(10-12-33)16-23(36)34-8-7-30-24(37)21(34)15-22(35)31-19-5-1-3-17(13-19)25(27,28)29/h1-6,13-14,21H,7-12,15-16H2,(H,30,37)(H,31,35)/t21-/m0/s1. The van der Waals surface area contributed by atoms with Crippen LogP contribution in [-0.2, 0) is 20.6 Å². The van der Waals surface area contributed by atoms with Gasteiger partial charge in [-0.1, -0.05) is 23.7 Å². The maximum atomic E-state index is 13.1. The molecule has 0 saturated carbocycles. The summed E-state index contributed by atoms with van der Waals surface area (Å²) in [6.07, 6.45) is -4.91. The van der Waals surface area contributed by atoms with Crippen molar-refractivity contribution in [2.24, 2.45) is 0 Å². The second-order valence-electron chi connectivity index (χ2n) is 8.97. The third-order valence-electron chi connectivity index (χ3n) is 6.41. The number of carbonyl (C=O) groups is 3. The summed E-state index contributed by atoms with van der Waals surface area (Å²) in [5.74, 6) is -1.40. The van der Waals surface area contributed by atoms with Crippen LogP contribution >= 0.6 is 11.6 Å². The van der Waals surface area contributed by atoms with Crippen molar-refractivity contribution in [3.63, 3.8) is 0 Å². The van der Waals surface area contributed by atoms with E-state index < -0.39 is 29.6 Å². The van der Waals surface area contributed by atoms with Gasteiger partial charge < -0.3 is 20.4 Å². The molecule has 37 heavy (non-hydrogen) atoms.